The van der Waals surface area contributed by atoms with Crippen LogP contribution in [0.4, 0.5) is 0 Å². The highest BCUT2D eigenvalue weighted by Gasteiger charge is 1.70. The number of ether oxygens (including phenoxy) is 1. The molecule has 1 N–H and O–H groups in total. The van der Waals surface area contributed by atoms with Crippen LogP contribution < -0.4 is 0 Å². The third kappa shape index (κ3) is 5.04. The zero-order valence-electron chi connectivity index (χ0n) is 4.35. The Morgan fingerprint density at radius 3 is 2.88 bits per heavy atom. The summed E-state index contributed by atoms with van der Waals surface area (Å²) in [7, 11) is 0. The molecule has 0 bridgehead atoms. The summed E-state index contributed by atoms with van der Waals surface area (Å²) in [4.78, 5) is 0. The Balaban J connectivity index is 3.06. The van der Waals surface area contributed by atoms with Crippen molar-refractivity contribution in [2.75, 3.05) is 13.4 Å². The Labute approximate surface area is 48.5 Å². The normalized spacial score (nSPS) is 6.50. The minimum Gasteiger partial charge on any atom is -0.371 e. The van der Waals surface area contributed by atoms with Gasteiger partial charge in [-0.2, -0.15) is 0 Å². The van der Waals surface area contributed by atoms with E-state index in [1.807, 2.05) is 0 Å². The summed E-state index contributed by atoms with van der Waals surface area (Å²) in [5.41, 5.74) is 0. The van der Waals surface area contributed by atoms with E-state index in [-0.39, 0.29) is 13.4 Å². The van der Waals surface area contributed by atoms with E-state index in [0.29, 0.717) is 0 Å². The lowest BCUT2D eigenvalue weighted by atomic mass is 10.6. The minimum atomic E-state index is -0.306. The Hall–Kier alpha value is -0.960. The van der Waals surface area contributed by atoms with Gasteiger partial charge in [-0.3, -0.25) is 0 Å². The zero-order chi connectivity index (χ0) is 6.24. The molecule has 8 heavy (non-hydrogen) atoms. The molecule has 0 heterocycles. The smallest absolute Gasteiger partial charge is 0.144 e. The minimum absolute atomic E-state index is 0.195. The van der Waals surface area contributed by atoms with Crippen LogP contribution in [0.25, 0.3) is 0 Å². The van der Waals surface area contributed by atoms with Gasteiger partial charge >= 0.3 is 0 Å². The van der Waals surface area contributed by atoms with Crippen molar-refractivity contribution in [1.29, 1.82) is 0 Å². The predicted octanol–water partition coefficient (Wildman–Crippen LogP) is -0.411. The summed E-state index contributed by atoms with van der Waals surface area (Å²) in [5.74, 6) is 6.90. The molecular weight excluding hydrogens is 104 g/mol. The van der Waals surface area contributed by atoms with Crippen LogP contribution in [0.15, 0.2) is 0 Å². The number of aliphatic hydroxyl groups is 1. The van der Waals surface area contributed by atoms with Crippen molar-refractivity contribution in [3.8, 4) is 24.2 Å². The lowest BCUT2D eigenvalue weighted by Gasteiger charge is -1.86. The van der Waals surface area contributed by atoms with E-state index < -0.39 is 0 Å². The van der Waals surface area contributed by atoms with E-state index in [4.69, 9.17) is 11.5 Å². The molecule has 0 atom stereocenters. The van der Waals surface area contributed by atoms with E-state index in [1.54, 1.807) is 0 Å². The maximum atomic E-state index is 8.02. The van der Waals surface area contributed by atoms with Crippen LogP contribution in [-0.2, 0) is 4.74 Å². The summed E-state index contributed by atoms with van der Waals surface area (Å²) in [6.45, 7) is -0.111. The molecule has 0 saturated heterocycles. The third-order valence-corrected chi connectivity index (χ3v) is 0.426. The Bertz CT molecular complexity index is 133. The van der Waals surface area contributed by atoms with Gasteiger partial charge in [0.1, 0.15) is 13.4 Å². The standard InChI is InChI=1S/C6H6O2/c1-2-3-4-5-8-6-7/h1,7H,5-6H2. The first-order valence-corrected chi connectivity index (χ1v) is 2.04. The van der Waals surface area contributed by atoms with Gasteiger partial charge in [-0.25, -0.2) is 0 Å². The highest BCUT2D eigenvalue weighted by Crippen LogP contribution is 1.64. The summed E-state index contributed by atoms with van der Waals surface area (Å²) >= 11 is 0. The number of terminal acetylenes is 1. The quantitative estimate of drug-likeness (QED) is 0.297. The van der Waals surface area contributed by atoms with Crippen LogP contribution in [0.3, 0.4) is 0 Å². The van der Waals surface area contributed by atoms with E-state index in [0.717, 1.165) is 0 Å². The van der Waals surface area contributed by atoms with Gasteiger partial charge in [0, 0.05) is 0 Å². The predicted molar refractivity (Wildman–Crippen MR) is 29.6 cm³/mol. The second kappa shape index (κ2) is 6.04. The summed E-state index contributed by atoms with van der Waals surface area (Å²) in [6.07, 6.45) is 4.77. The highest BCUT2D eigenvalue weighted by molar-refractivity contribution is 5.21. The van der Waals surface area contributed by atoms with Crippen LogP contribution in [0.2, 0.25) is 0 Å². The Morgan fingerprint density at radius 2 is 2.38 bits per heavy atom. The highest BCUT2D eigenvalue weighted by atomic mass is 16.6. The Kier molecular flexibility index (Phi) is 5.32. The van der Waals surface area contributed by atoms with E-state index in [9.17, 15) is 0 Å². The van der Waals surface area contributed by atoms with E-state index in [2.05, 4.69) is 22.5 Å². The van der Waals surface area contributed by atoms with Crippen LogP contribution in [0, 0.1) is 24.2 Å². The molecule has 2 nitrogen and oxygen atoms in total. The van der Waals surface area contributed by atoms with Gasteiger partial charge in [-0.05, 0) is 11.8 Å². The molecule has 0 fully saturated rings. The molecule has 0 aromatic rings. The number of rotatable bonds is 2. The molecule has 42 valence electrons. The molecule has 0 aliphatic heterocycles. The Morgan fingerprint density at radius 1 is 1.62 bits per heavy atom. The molecule has 0 spiro atoms. The summed E-state index contributed by atoms with van der Waals surface area (Å²) in [5, 5.41) is 8.02. The number of hydrogen-bond donors (Lipinski definition) is 1. The first kappa shape index (κ1) is 7.04. The lowest BCUT2D eigenvalue weighted by Crippen LogP contribution is -1.90. The molecule has 0 unspecified atom stereocenters. The summed E-state index contributed by atoms with van der Waals surface area (Å²) in [6, 6.07) is 0. The van der Waals surface area contributed by atoms with Gasteiger partial charge in [0.15, 0.2) is 0 Å². The summed E-state index contributed by atoms with van der Waals surface area (Å²) < 4.78 is 4.42. The van der Waals surface area contributed by atoms with Crippen LogP contribution in [-0.4, -0.2) is 18.5 Å². The van der Waals surface area contributed by atoms with Crippen LogP contribution in [0.1, 0.15) is 0 Å². The molecule has 0 aliphatic carbocycles. The largest absolute Gasteiger partial charge is 0.371 e. The van der Waals surface area contributed by atoms with Crippen molar-refractivity contribution < 1.29 is 9.84 Å². The fraction of sp³-hybridized carbons (Fsp3) is 0.333. The fourth-order valence-electron chi connectivity index (χ4n) is 0.184. The molecule has 0 rings (SSSR count). The SMILES string of the molecule is C#CC#CCOCO. The van der Waals surface area contributed by atoms with E-state index >= 15 is 0 Å². The van der Waals surface area contributed by atoms with Crippen molar-refractivity contribution >= 4 is 0 Å². The molecule has 0 amide bonds. The van der Waals surface area contributed by atoms with Gasteiger partial charge in [0.25, 0.3) is 0 Å². The first-order valence-electron chi connectivity index (χ1n) is 2.04. The average Bonchev–Trinajstić information content (AvgIpc) is 1.81. The molecule has 0 aliphatic rings. The maximum Gasteiger partial charge on any atom is 0.144 e. The molecule has 0 aromatic heterocycles. The van der Waals surface area contributed by atoms with Gasteiger partial charge in [0.2, 0.25) is 0 Å². The number of aliphatic hydroxyl groups excluding tert-OH is 1. The molecule has 0 radical (unpaired) electrons. The van der Waals surface area contributed by atoms with Crippen molar-refractivity contribution in [3.05, 3.63) is 0 Å². The molecule has 2 heteroatoms. The second-order valence-electron chi connectivity index (χ2n) is 0.924. The first-order chi connectivity index (χ1) is 3.91. The lowest BCUT2D eigenvalue weighted by molar-refractivity contribution is 0.0157. The second-order valence-corrected chi connectivity index (χ2v) is 0.924. The topological polar surface area (TPSA) is 29.5 Å². The fourth-order valence-corrected chi connectivity index (χ4v) is 0.184. The maximum absolute atomic E-state index is 8.02. The van der Waals surface area contributed by atoms with Gasteiger partial charge in [-0.15, -0.1) is 6.42 Å². The average molecular weight is 110 g/mol. The van der Waals surface area contributed by atoms with Gasteiger partial charge in [-0.1, -0.05) is 5.92 Å². The van der Waals surface area contributed by atoms with Crippen molar-refractivity contribution in [2.45, 2.75) is 0 Å². The molecule has 0 saturated carbocycles. The van der Waals surface area contributed by atoms with Crippen LogP contribution >= 0.6 is 0 Å². The van der Waals surface area contributed by atoms with Crippen molar-refractivity contribution in [1.82, 2.24) is 0 Å². The van der Waals surface area contributed by atoms with Gasteiger partial charge < -0.3 is 9.84 Å². The van der Waals surface area contributed by atoms with Crippen LogP contribution in [0.5, 0.6) is 0 Å². The molecule has 0 aromatic carbocycles. The third-order valence-electron chi connectivity index (χ3n) is 0.426. The van der Waals surface area contributed by atoms with Crippen molar-refractivity contribution in [3.63, 3.8) is 0 Å². The monoisotopic (exact) mass is 110 g/mol. The number of hydrogen-bond acceptors (Lipinski definition) is 2. The van der Waals surface area contributed by atoms with Crippen molar-refractivity contribution in [2.24, 2.45) is 0 Å². The molecular formula is C6H6O2. The zero-order valence-corrected chi connectivity index (χ0v) is 4.35. The van der Waals surface area contributed by atoms with Gasteiger partial charge in [0.05, 0.1) is 0 Å². The van der Waals surface area contributed by atoms with E-state index in [1.165, 1.54) is 0 Å².